The Kier molecular flexibility index (Phi) is 7.38. The SMILES string of the molecule is CCCNC(=O)[C@@H](Cc1ccccc1)NS(=O)(=O)c1cc(C)ccc1OC. The van der Waals surface area contributed by atoms with E-state index < -0.39 is 16.1 Å². The lowest BCUT2D eigenvalue weighted by atomic mass is 10.1. The standard InChI is InChI=1S/C20H26N2O4S/c1-4-12-21-20(23)17(14-16-8-6-5-7-9-16)22-27(24,25)19-13-15(2)10-11-18(19)26-3/h5-11,13,17,22H,4,12,14H2,1-3H3,(H,21,23)/t17-/m1/s1. The van der Waals surface area contributed by atoms with E-state index >= 15 is 0 Å². The first kappa shape index (κ1) is 20.9. The highest BCUT2D eigenvalue weighted by molar-refractivity contribution is 7.89. The largest absolute Gasteiger partial charge is 0.495 e. The van der Waals surface area contributed by atoms with Crippen molar-refractivity contribution in [1.82, 2.24) is 10.0 Å². The van der Waals surface area contributed by atoms with Crippen LogP contribution in [0.25, 0.3) is 0 Å². The van der Waals surface area contributed by atoms with E-state index in [1.54, 1.807) is 19.1 Å². The number of amides is 1. The summed E-state index contributed by atoms with van der Waals surface area (Å²) in [6.07, 6.45) is 1.02. The molecule has 0 saturated carbocycles. The highest BCUT2D eigenvalue weighted by Crippen LogP contribution is 2.25. The van der Waals surface area contributed by atoms with Crippen molar-refractivity contribution in [1.29, 1.82) is 0 Å². The van der Waals surface area contributed by atoms with Crippen molar-refractivity contribution in [2.45, 2.75) is 37.6 Å². The minimum absolute atomic E-state index is 0.0198. The van der Waals surface area contributed by atoms with Gasteiger partial charge in [0.2, 0.25) is 15.9 Å². The van der Waals surface area contributed by atoms with E-state index in [2.05, 4.69) is 10.0 Å². The Morgan fingerprint density at radius 1 is 1.15 bits per heavy atom. The van der Waals surface area contributed by atoms with Crippen LogP contribution < -0.4 is 14.8 Å². The highest BCUT2D eigenvalue weighted by Gasteiger charge is 2.28. The van der Waals surface area contributed by atoms with Crippen LogP contribution in [0.4, 0.5) is 0 Å². The van der Waals surface area contributed by atoms with E-state index in [0.29, 0.717) is 6.54 Å². The van der Waals surface area contributed by atoms with Crippen LogP contribution in [0.5, 0.6) is 5.75 Å². The van der Waals surface area contributed by atoms with Crippen molar-refractivity contribution in [2.75, 3.05) is 13.7 Å². The van der Waals surface area contributed by atoms with Crippen molar-refractivity contribution < 1.29 is 17.9 Å². The summed E-state index contributed by atoms with van der Waals surface area (Å²) < 4.78 is 33.7. The second kappa shape index (κ2) is 9.53. The summed E-state index contributed by atoms with van der Waals surface area (Å²) >= 11 is 0. The summed E-state index contributed by atoms with van der Waals surface area (Å²) in [5.74, 6) is -0.114. The molecule has 0 aliphatic carbocycles. The number of hydrogen-bond donors (Lipinski definition) is 2. The van der Waals surface area contributed by atoms with Crippen LogP contribution in [-0.2, 0) is 21.2 Å². The fourth-order valence-electron chi connectivity index (χ4n) is 2.65. The summed E-state index contributed by atoms with van der Waals surface area (Å²) in [4.78, 5) is 12.6. The summed E-state index contributed by atoms with van der Waals surface area (Å²) in [7, 11) is -2.53. The van der Waals surface area contributed by atoms with Gasteiger partial charge in [0.15, 0.2) is 0 Å². The predicted octanol–water partition coefficient (Wildman–Crippen LogP) is 2.42. The fourth-order valence-corrected chi connectivity index (χ4v) is 4.10. The van der Waals surface area contributed by atoms with E-state index in [1.807, 2.05) is 37.3 Å². The Hall–Kier alpha value is -2.38. The second-order valence-electron chi connectivity index (χ2n) is 6.31. The molecule has 1 atom stereocenters. The zero-order chi connectivity index (χ0) is 19.9. The number of aryl methyl sites for hydroxylation is 1. The summed E-state index contributed by atoms with van der Waals surface area (Å²) in [5.41, 5.74) is 1.65. The van der Waals surface area contributed by atoms with E-state index in [4.69, 9.17) is 4.74 Å². The Bertz CT molecular complexity index is 867. The fraction of sp³-hybridized carbons (Fsp3) is 0.350. The van der Waals surface area contributed by atoms with Gasteiger partial charge in [0.05, 0.1) is 7.11 Å². The lowest BCUT2D eigenvalue weighted by Gasteiger charge is -2.19. The van der Waals surface area contributed by atoms with E-state index in [9.17, 15) is 13.2 Å². The Labute approximate surface area is 161 Å². The molecule has 0 radical (unpaired) electrons. The number of hydrogen-bond acceptors (Lipinski definition) is 4. The smallest absolute Gasteiger partial charge is 0.244 e. The molecule has 0 bridgehead atoms. The van der Waals surface area contributed by atoms with Gasteiger partial charge in [-0.05, 0) is 43.0 Å². The number of carbonyl (C=O) groups excluding carboxylic acids is 1. The maximum atomic E-state index is 13.0. The number of methoxy groups -OCH3 is 1. The van der Waals surface area contributed by atoms with Gasteiger partial charge in [-0.15, -0.1) is 0 Å². The van der Waals surface area contributed by atoms with Gasteiger partial charge in [0.1, 0.15) is 16.7 Å². The summed E-state index contributed by atoms with van der Waals surface area (Å²) in [6, 6.07) is 13.3. The third-order valence-electron chi connectivity index (χ3n) is 4.05. The Morgan fingerprint density at radius 3 is 2.48 bits per heavy atom. The normalized spacial score (nSPS) is 12.4. The molecule has 0 fully saturated rings. The molecule has 2 aromatic rings. The molecule has 6 nitrogen and oxygen atoms in total. The van der Waals surface area contributed by atoms with Crippen molar-refractivity contribution in [2.24, 2.45) is 0 Å². The van der Waals surface area contributed by atoms with Crippen LogP contribution in [-0.4, -0.2) is 34.0 Å². The number of carbonyl (C=O) groups is 1. The molecule has 0 aliphatic rings. The molecule has 0 spiro atoms. The maximum Gasteiger partial charge on any atom is 0.244 e. The van der Waals surface area contributed by atoms with E-state index in [1.165, 1.54) is 13.2 Å². The minimum Gasteiger partial charge on any atom is -0.495 e. The Morgan fingerprint density at radius 2 is 1.85 bits per heavy atom. The lowest BCUT2D eigenvalue weighted by molar-refractivity contribution is -0.122. The Balaban J connectivity index is 2.32. The molecular weight excluding hydrogens is 364 g/mol. The first-order valence-corrected chi connectivity index (χ1v) is 10.3. The van der Waals surface area contributed by atoms with Gasteiger partial charge in [-0.25, -0.2) is 8.42 Å². The van der Waals surface area contributed by atoms with Gasteiger partial charge >= 0.3 is 0 Å². The second-order valence-corrected chi connectivity index (χ2v) is 7.99. The topological polar surface area (TPSA) is 84.5 Å². The highest BCUT2D eigenvalue weighted by atomic mass is 32.2. The zero-order valence-electron chi connectivity index (χ0n) is 15.9. The first-order chi connectivity index (χ1) is 12.9. The van der Waals surface area contributed by atoms with Gasteiger partial charge in [0, 0.05) is 6.54 Å². The van der Waals surface area contributed by atoms with Crippen LogP contribution in [0.1, 0.15) is 24.5 Å². The summed E-state index contributed by atoms with van der Waals surface area (Å²) in [6.45, 7) is 4.22. The van der Waals surface area contributed by atoms with Crippen molar-refractivity contribution in [3.05, 3.63) is 59.7 Å². The first-order valence-electron chi connectivity index (χ1n) is 8.86. The molecule has 0 aromatic heterocycles. The van der Waals surface area contributed by atoms with Gasteiger partial charge in [0.25, 0.3) is 0 Å². The number of ether oxygens (including phenoxy) is 1. The monoisotopic (exact) mass is 390 g/mol. The lowest BCUT2D eigenvalue weighted by Crippen LogP contribution is -2.48. The predicted molar refractivity (Wildman–Crippen MR) is 105 cm³/mol. The van der Waals surface area contributed by atoms with Crippen molar-refractivity contribution >= 4 is 15.9 Å². The van der Waals surface area contributed by atoms with E-state index in [-0.39, 0.29) is 23.0 Å². The average Bonchev–Trinajstić information content (AvgIpc) is 2.66. The van der Waals surface area contributed by atoms with E-state index in [0.717, 1.165) is 17.5 Å². The van der Waals surface area contributed by atoms with Crippen LogP contribution in [0.3, 0.4) is 0 Å². The number of nitrogens with one attached hydrogen (secondary N) is 2. The molecule has 146 valence electrons. The third kappa shape index (κ3) is 5.80. The zero-order valence-corrected chi connectivity index (χ0v) is 16.7. The molecule has 1 amide bonds. The third-order valence-corrected chi connectivity index (χ3v) is 5.55. The molecule has 0 aliphatic heterocycles. The van der Waals surface area contributed by atoms with Gasteiger partial charge in [-0.1, -0.05) is 43.3 Å². The van der Waals surface area contributed by atoms with Crippen molar-refractivity contribution in [3.8, 4) is 5.75 Å². The van der Waals surface area contributed by atoms with Gasteiger partial charge in [-0.3, -0.25) is 4.79 Å². The van der Waals surface area contributed by atoms with Gasteiger partial charge in [-0.2, -0.15) is 4.72 Å². The number of benzene rings is 2. The molecule has 0 unspecified atom stereocenters. The molecule has 2 aromatic carbocycles. The van der Waals surface area contributed by atoms with Crippen LogP contribution in [0, 0.1) is 6.92 Å². The minimum atomic E-state index is -3.95. The number of rotatable bonds is 9. The number of sulfonamides is 1. The van der Waals surface area contributed by atoms with Crippen LogP contribution >= 0.6 is 0 Å². The molecule has 2 rings (SSSR count). The quantitative estimate of drug-likeness (QED) is 0.689. The van der Waals surface area contributed by atoms with Gasteiger partial charge < -0.3 is 10.1 Å². The molecular formula is C20H26N2O4S. The molecule has 27 heavy (non-hydrogen) atoms. The van der Waals surface area contributed by atoms with Crippen LogP contribution in [0.2, 0.25) is 0 Å². The van der Waals surface area contributed by atoms with Crippen LogP contribution in [0.15, 0.2) is 53.4 Å². The molecule has 0 heterocycles. The average molecular weight is 391 g/mol. The molecule has 7 heteroatoms. The molecule has 2 N–H and O–H groups in total. The summed E-state index contributed by atoms with van der Waals surface area (Å²) in [5, 5.41) is 2.77. The maximum absolute atomic E-state index is 13.0. The molecule has 0 saturated heterocycles. The van der Waals surface area contributed by atoms with Crippen molar-refractivity contribution in [3.63, 3.8) is 0 Å².